The summed E-state index contributed by atoms with van der Waals surface area (Å²) in [6.07, 6.45) is 0. The molecular formula is C15H21N3OS. The van der Waals surface area contributed by atoms with E-state index in [-0.39, 0.29) is 0 Å². The molecule has 0 atom stereocenters. The van der Waals surface area contributed by atoms with Crippen LogP contribution in [0, 0.1) is 0 Å². The predicted molar refractivity (Wildman–Crippen MR) is 83.1 cm³/mol. The van der Waals surface area contributed by atoms with E-state index in [4.69, 9.17) is 4.74 Å². The largest absolute Gasteiger partial charge is 0.486 e. The molecule has 0 spiro atoms. The smallest absolute Gasteiger partial charge is 0.140 e. The molecule has 0 radical (unpaired) electrons. The van der Waals surface area contributed by atoms with Gasteiger partial charge >= 0.3 is 0 Å². The van der Waals surface area contributed by atoms with Gasteiger partial charge in [0.05, 0.1) is 5.69 Å². The van der Waals surface area contributed by atoms with Crippen LogP contribution in [-0.4, -0.2) is 37.1 Å². The number of aromatic nitrogens is 1. The maximum Gasteiger partial charge on any atom is 0.140 e. The molecule has 2 rings (SSSR count). The summed E-state index contributed by atoms with van der Waals surface area (Å²) in [6.45, 7) is 3.36. The van der Waals surface area contributed by atoms with Crippen LogP contribution in [0.3, 0.4) is 0 Å². The second-order valence-electron chi connectivity index (χ2n) is 4.81. The van der Waals surface area contributed by atoms with Gasteiger partial charge in [-0.15, -0.1) is 11.3 Å². The van der Waals surface area contributed by atoms with Gasteiger partial charge in [0.15, 0.2) is 0 Å². The quantitative estimate of drug-likeness (QED) is 0.758. The van der Waals surface area contributed by atoms with Gasteiger partial charge in [0, 0.05) is 25.0 Å². The summed E-state index contributed by atoms with van der Waals surface area (Å²) in [4.78, 5) is 6.72. The van der Waals surface area contributed by atoms with Crippen molar-refractivity contribution >= 4 is 11.3 Å². The lowest BCUT2D eigenvalue weighted by molar-refractivity contribution is 0.305. The molecule has 1 N–H and O–H groups in total. The van der Waals surface area contributed by atoms with Gasteiger partial charge in [-0.3, -0.25) is 0 Å². The topological polar surface area (TPSA) is 37.4 Å². The van der Waals surface area contributed by atoms with Crippen LogP contribution in [0.1, 0.15) is 10.7 Å². The minimum atomic E-state index is 0.534. The highest BCUT2D eigenvalue weighted by Crippen LogP contribution is 2.14. The van der Waals surface area contributed by atoms with Crippen molar-refractivity contribution in [2.45, 2.75) is 13.2 Å². The first kappa shape index (κ1) is 15.0. The zero-order chi connectivity index (χ0) is 14.2. The molecule has 108 valence electrons. The molecule has 1 heterocycles. The summed E-state index contributed by atoms with van der Waals surface area (Å²) in [5, 5.41) is 6.48. The molecule has 0 fully saturated rings. The number of nitrogens with one attached hydrogen (secondary N) is 1. The van der Waals surface area contributed by atoms with E-state index in [1.54, 1.807) is 11.3 Å². The molecule has 1 aromatic carbocycles. The summed E-state index contributed by atoms with van der Waals surface area (Å²) in [7, 11) is 4.15. The van der Waals surface area contributed by atoms with Crippen LogP contribution < -0.4 is 10.1 Å². The van der Waals surface area contributed by atoms with Crippen molar-refractivity contribution in [2.24, 2.45) is 0 Å². The van der Waals surface area contributed by atoms with Crippen molar-refractivity contribution in [3.8, 4) is 5.75 Å². The predicted octanol–water partition coefficient (Wildman–Crippen LogP) is 2.37. The molecule has 5 heteroatoms. The van der Waals surface area contributed by atoms with Crippen LogP contribution in [0.5, 0.6) is 5.75 Å². The second kappa shape index (κ2) is 7.99. The molecule has 0 aliphatic carbocycles. The summed E-state index contributed by atoms with van der Waals surface area (Å²) in [5.74, 6) is 0.883. The summed E-state index contributed by atoms with van der Waals surface area (Å²) in [6, 6.07) is 9.83. The van der Waals surface area contributed by atoms with Gasteiger partial charge in [0.2, 0.25) is 0 Å². The third-order valence-electron chi connectivity index (χ3n) is 2.75. The number of para-hydroxylation sites is 1. The van der Waals surface area contributed by atoms with Crippen molar-refractivity contribution in [3.05, 3.63) is 46.4 Å². The molecule has 1 aromatic heterocycles. The Bertz CT molecular complexity index is 499. The zero-order valence-electron chi connectivity index (χ0n) is 12.0. The highest BCUT2D eigenvalue weighted by atomic mass is 32.1. The fraction of sp³-hybridized carbons (Fsp3) is 0.400. The minimum Gasteiger partial charge on any atom is -0.486 e. The molecule has 0 saturated carbocycles. The van der Waals surface area contributed by atoms with Crippen LogP contribution in [0.25, 0.3) is 0 Å². The van der Waals surface area contributed by atoms with E-state index >= 15 is 0 Å². The monoisotopic (exact) mass is 291 g/mol. The molecule has 0 saturated heterocycles. The van der Waals surface area contributed by atoms with E-state index in [1.807, 2.05) is 30.3 Å². The second-order valence-corrected chi connectivity index (χ2v) is 5.76. The Balaban J connectivity index is 1.72. The van der Waals surface area contributed by atoms with Crippen LogP contribution in [0.4, 0.5) is 0 Å². The highest BCUT2D eigenvalue weighted by molar-refractivity contribution is 7.09. The van der Waals surface area contributed by atoms with Gasteiger partial charge in [0.25, 0.3) is 0 Å². The SMILES string of the molecule is CN(C)CCNCc1csc(COc2ccccc2)n1. The first-order chi connectivity index (χ1) is 9.74. The number of ether oxygens (including phenoxy) is 1. The average molecular weight is 291 g/mol. The van der Waals surface area contributed by atoms with Crippen molar-refractivity contribution < 1.29 is 4.74 Å². The van der Waals surface area contributed by atoms with E-state index in [0.717, 1.165) is 36.1 Å². The van der Waals surface area contributed by atoms with E-state index < -0.39 is 0 Å². The Labute approximate surface area is 124 Å². The molecule has 0 unspecified atom stereocenters. The van der Waals surface area contributed by atoms with Crippen LogP contribution in [0.15, 0.2) is 35.7 Å². The number of nitrogens with zero attached hydrogens (tertiary/aromatic N) is 2. The van der Waals surface area contributed by atoms with Gasteiger partial charge < -0.3 is 15.0 Å². The van der Waals surface area contributed by atoms with Crippen LogP contribution >= 0.6 is 11.3 Å². The molecule has 0 bridgehead atoms. The minimum absolute atomic E-state index is 0.534. The summed E-state index contributed by atoms with van der Waals surface area (Å²) in [5.41, 5.74) is 1.08. The molecule has 4 nitrogen and oxygen atoms in total. The van der Waals surface area contributed by atoms with Crippen molar-refractivity contribution in [2.75, 3.05) is 27.2 Å². The zero-order valence-corrected chi connectivity index (χ0v) is 12.8. The van der Waals surface area contributed by atoms with E-state index in [0.29, 0.717) is 6.61 Å². The van der Waals surface area contributed by atoms with Crippen molar-refractivity contribution in [1.82, 2.24) is 15.2 Å². The van der Waals surface area contributed by atoms with Gasteiger partial charge in [-0.25, -0.2) is 4.98 Å². The molecule has 20 heavy (non-hydrogen) atoms. The molecule has 0 aliphatic heterocycles. The number of thiazole rings is 1. The number of benzene rings is 1. The third kappa shape index (κ3) is 5.28. The maximum atomic E-state index is 5.68. The van der Waals surface area contributed by atoms with Crippen LogP contribution in [-0.2, 0) is 13.2 Å². The van der Waals surface area contributed by atoms with Gasteiger partial charge in [0.1, 0.15) is 17.4 Å². The molecule has 0 amide bonds. The first-order valence-corrected chi connectivity index (χ1v) is 7.58. The van der Waals surface area contributed by atoms with E-state index in [2.05, 4.69) is 34.7 Å². The van der Waals surface area contributed by atoms with Crippen LogP contribution in [0.2, 0.25) is 0 Å². The lowest BCUT2D eigenvalue weighted by Crippen LogP contribution is -2.26. The highest BCUT2D eigenvalue weighted by Gasteiger charge is 2.03. The average Bonchev–Trinajstić information content (AvgIpc) is 2.90. The fourth-order valence-electron chi connectivity index (χ4n) is 1.68. The van der Waals surface area contributed by atoms with Gasteiger partial charge in [-0.2, -0.15) is 0 Å². The Morgan fingerprint density at radius 3 is 2.80 bits per heavy atom. The number of likely N-dealkylation sites (N-methyl/N-ethyl adjacent to an activating group) is 1. The third-order valence-corrected chi connectivity index (χ3v) is 3.62. The Hall–Kier alpha value is -1.43. The lowest BCUT2D eigenvalue weighted by Gasteiger charge is -2.09. The normalized spacial score (nSPS) is 10.9. The Kier molecular flexibility index (Phi) is 5.98. The lowest BCUT2D eigenvalue weighted by atomic mass is 10.3. The maximum absolute atomic E-state index is 5.68. The molecule has 0 aliphatic rings. The number of hydrogen-bond acceptors (Lipinski definition) is 5. The first-order valence-electron chi connectivity index (χ1n) is 6.70. The summed E-state index contributed by atoms with van der Waals surface area (Å²) >= 11 is 1.65. The Morgan fingerprint density at radius 2 is 2.05 bits per heavy atom. The summed E-state index contributed by atoms with van der Waals surface area (Å²) < 4.78 is 5.68. The van der Waals surface area contributed by atoms with Crippen molar-refractivity contribution in [1.29, 1.82) is 0 Å². The van der Waals surface area contributed by atoms with E-state index in [9.17, 15) is 0 Å². The van der Waals surface area contributed by atoms with Gasteiger partial charge in [-0.1, -0.05) is 18.2 Å². The van der Waals surface area contributed by atoms with Crippen molar-refractivity contribution in [3.63, 3.8) is 0 Å². The number of hydrogen-bond donors (Lipinski definition) is 1. The molecular weight excluding hydrogens is 270 g/mol. The Morgan fingerprint density at radius 1 is 1.25 bits per heavy atom. The standard InChI is InChI=1S/C15H21N3OS/c1-18(2)9-8-16-10-13-12-20-15(17-13)11-19-14-6-4-3-5-7-14/h3-7,12,16H,8-11H2,1-2H3. The van der Waals surface area contributed by atoms with Gasteiger partial charge in [-0.05, 0) is 26.2 Å². The fourth-order valence-corrected chi connectivity index (χ4v) is 2.38. The molecule has 2 aromatic rings. The number of rotatable bonds is 8. The van der Waals surface area contributed by atoms with E-state index in [1.165, 1.54) is 0 Å².